The molecule has 0 unspecified atom stereocenters. The molecule has 0 spiro atoms. The first-order valence-electron chi connectivity index (χ1n) is 15.6. The quantitative estimate of drug-likeness (QED) is 0.109. The van der Waals surface area contributed by atoms with Gasteiger partial charge in [0, 0.05) is 52.0 Å². The summed E-state index contributed by atoms with van der Waals surface area (Å²) in [4.78, 5) is 50.9. The summed E-state index contributed by atoms with van der Waals surface area (Å²) in [6.45, 7) is 12.1. The number of carbonyl (C=O) groups is 4. The van der Waals surface area contributed by atoms with E-state index in [0.29, 0.717) is 45.4 Å². The maximum Gasteiger partial charge on any atom is 0.303 e. The maximum atomic E-state index is 12.2. The zero-order valence-corrected chi connectivity index (χ0v) is 27.9. The van der Waals surface area contributed by atoms with Crippen LogP contribution in [0.4, 0.5) is 11.4 Å². The lowest BCUT2D eigenvalue weighted by Crippen LogP contribution is -2.17. The number of phenolic OH excluding ortho intramolecular Hbond substituents is 1. The third-order valence-corrected chi connectivity index (χ3v) is 7.60. The van der Waals surface area contributed by atoms with Gasteiger partial charge in [-0.25, -0.2) is 4.98 Å². The summed E-state index contributed by atoms with van der Waals surface area (Å²) in [6, 6.07) is 17.6. The lowest BCUT2D eigenvalue weighted by Gasteiger charge is -2.27. The topological polar surface area (TPSA) is 179 Å². The van der Waals surface area contributed by atoms with Crippen molar-refractivity contribution in [2.24, 2.45) is 0 Å². The fraction of sp³-hybridized carbons (Fsp3) is 0.324. The molecule has 11 heteroatoms. The van der Waals surface area contributed by atoms with Crippen LogP contribution >= 0.6 is 0 Å². The molecule has 4 rings (SSSR count). The Labute approximate surface area is 279 Å². The van der Waals surface area contributed by atoms with Gasteiger partial charge in [0.15, 0.2) is 5.76 Å². The summed E-state index contributed by atoms with van der Waals surface area (Å²) < 4.78 is 6.48. The van der Waals surface area contributed by atoms with Crippen LogP contribution in [0, 0.1) is 0 Å². The maximum absolute atomic E-state index is 12.2. The zero-order chi connectivity index (χ0) is 35.4. The number of aliphatic carboxylic acids is 2. The number of phenols is 1. The molecule has 2 amide bonds. The molecule has 1 heterocycles. The van der Waals surface area contributed by atoms with Gasteiger partial charge in [-0.2, -0.15) is 0 Å². The Balaban J connectivity index is 1.78. The Hall–Kier alpha value is -5.45. The highest BCUT2D eigenvalue weighted by atomic mass is 16.4. The van der Waals surface area contributed by atoms with E-state index in [1.54, 1.807) is 48.5 Å². The second kappa shape index (κ2) is 14.1. The molecule has 0 atom stereocenters. The van der Waals surface area contributed by atoms with Gasteiger partial charge in [-0.05, 0) is 59.4 Å². The minimum atomic E-state index is -1.05. The number of benzene rings is 3. The molecule has 48 heavy (non-hydrogen) atoms. The van der Waals surface area contributed by atoms with Gasteiger partial charge < -0.3 is 30.4 Å². The summed E-state index contributed by atoms with van der Waals surface area (Å²) in [6.07, 6.45) is -0.846. The Morgan fingerprint density at radius 2 is 1.06 bits per heavy atom. The molecule has 3 aromatic carbocycles. The molecule has 5 N–H and O–H groups in total. The third kappa shape index (κ3) is 8.87. The number of hydrogen-bond donors (Lipinski definition) is 5. The first-order valence-corrected chi connectivity index (χ1v) is 15.6. The number of nitrogens with one attached hydrogen (secondary N) is 2. The molecule has 0 aliphatic rings. The molecular formula is C37H41N3O8. The number of rotatable bonds is 11. The smallest absolute Gasteiger partial charge is 0.303 e. The Bertz CT molecular complexity index is 1700. The average Bonchev–Trinajstić information content (AvgIpc) is 3.44. The molecule has 252 valence electrons. The van der Waals surface area contributed by atoms with Gasteiger partial charge >= 0.3 is 11.9 Å². The highest BCUT2D eigenvalue weighted by Crippen LogP contribution is 2.44. The van der Waals surface area contributed by atoms with E-state index < -0.39 is 23.8 Å². The standard InChI is InChI=1S/C37H41N3O8/c1-36(2,3)26-19-23(20-27(33(26)47)37(4,5)6)35-40-32(21-7-11-24(12-8-21)38-28(41)15-17-30(43)44)34(48-35)22-9-13-25(14-10-22)39-29(42)16-18-31(45)46/h7-14,19-20,47H,15-18H2,1-6H3,(H,38,41)(H,39,42)(H,43,44)(H,45,46). The monoisotopic (exact) mass is 655 g/mol. The molecule has 11 nitrogen and oxygen atoms in total. The van der Waals surface area contributed by atoms with E-state index in [0.717, 1.165) is 11.1 Å². The summed E-state index contributed by atoms with van der Waals surface area (Å²) in [5.41, 5.74) is 4.24. The van der Waals surface area contributed by atoms with Crippen molar-refractivity contribution in [3.8, 4) is 39.8 Å². The van der Waals surface area contributed by atoms with E-state index in [4.69, 9.17) is 19.6 Å². The van der Waals surface area contributed by atoms with Crippen molar-refractivity contribution in [1.29, 1.82) is 0 Å². The second-order valence-electron chi connectivity index (χ2n) is 13.7. The summed E-state index contributed by atoms with van der Waals surface area (Å²) in [5, 5.41) is 34.4. The molecule has 0 fully saturated rings. The van der Waals surface area contributed by atoms with Crippen LogP contribution in [0.3, 0.4) is 0 Å². The van der Waals surface area contributed by atoms with Gasteiger partial charge in [0.1, 0.15) is 11.4 Å². The lowest BCUT2D eigenvalue weighted by molar-refractivity contribution is -0.138. The van der Waals surface area contributed by atoms with Crippen LogP contribution < -0.4 is 10.6 Å². The number of carboxylic acids is 2. The predicted molar refractivity (Wildman–Crippen MR) is 183 cm³/mol. The number of oxazole rings is 1. The molecule has 4 aromatic rings. The number of aromatic nitrogens is 1. The molecular weight excluding hydrogens is 614 g/mol. The van der Waals surface area contributed by atoms with Crippen LogP contribution in [0.15, 0.2) is 65.1 Å². The van der Waals surface area contributed by atoms with Gasteiger partial charge in [0.25, 0.3) is 0 Å². The molecule has 0 saturated heterocycles. The van der Waals surface area contributed by atoms with Crippen molar-refractivity contribution in [3.05, 3.63) is 71.8 Å². The van der Waals surface area contributed by atoms with Crippen LogP contribution in [0.5, 0.6) is 5.75 Å². The molecule has 0 radical (unpaired) electrons. The zero-order valence-electron chi connectivity index (χ0n) is 27.9. The van der Waals surface area contributed by atoms with Crippen LogP contribution in [0.1, 0.15) is 78.4 Å². The van der Waals surface area contributed by atoms with E-state index in [-0.39, 0.29) is 42.3 Å². The van der Waals surface area contributed by atoms with Crippen LogP contribution in [-0.2, 0) is 30.0 Å². The Morgan fingerprint density at radius 1 is 0.646 bits per heavy atom. The van der Waals surface area contributed by atoms with Crippen molar-refractivity contribution in [3.63, 3.8) is 0 Å². The van der Waals surface area contributed by atoms with Gasteiger partial charge in [-0.15, -0.1) is 0 Å². The number of hydrogen-bond acceptors (Lipinski definition) is 7. The molecule has 1 aromatic heterocycles. The van der Waals surface area contributed by atoms with Gasteiger partial charge in [0.2, 0.25) is 17.7 Å². The van der Waals surface area contributed by atoms with Gasteiger partial charge in [0.05, 0.1) is 12.8 Å². The van der Waals surface area contributed by atoms with E-state index in [1.807, 2.05) is 53.7 Å². The number of aromatic hydroxyl groups is 1. The van der Waals surface area contributed by atoms with E-state index in [1.165, 1.54) is 0 Å². The van der Waals surface area contributed by atoms with Crippen molar-refractivity contribution in [2.45, 2.75) is 78.1 Å². The van der Waals surface area contributed by atoms with Crippen LogP contribution in [0.2, 0.25) is 0 Å². The second-order valence-corrected chi connectivity index (χ2v) is 13.7. The summed E-state index contributed by atoms with van der Waals surface area (Å²) in [5.74, 6) is -1.95. The minimum absolute atomic E-state index is 0.149. The van der Waals surface area contributed by atoms with Crippen molar-refractivity contribution in [2.75, 3.05) is 10.6 Å². The van der Waals surface area contributed by atoms with Crippen molar-refractivity contribution >= 4 is 35.1 Å². The molecule has 0 saturated carbocycles. The summed E-state index contributed by atoms with van der Waals surface area (Å²) in [7, 11) is 0. The predicted octanol–water partition coefficient (Wildman–Crippen LogP) is 7.58. The molecule has 0 aliphatic carbocycles. The van der Waals surface area contributed by atoms with Crippen molar-refractivity contribution < 1.29 is 38.9 Å². The minimum Gasteiger partial charge on any atom is -0.507 e. The average molecular weight is 656 g/mol. The fourth-order valence-electron chi connectivity index (χ4n) is 5.04. The number of anilines is 2. The fourth-order valence-corrected chi connectivity index (χ4v) is 5.04. The normalized spacial score (nSPS) is 11.6. The number of amides is 2. The van der Waals surface area contributed by atoms with E-state index in [2.05, 4.69) is 10.6 Å². The molecule has 0 aliphatic heterocycles. The van der Waals surface area contributed by atoms with Gasteiger partial charge in [-0.3, -0.25) is 19.2 Å². The Morgan fingerprint density at radius 3 is 1.46 bits per heavy atom. The van der Waals surface area contributed by atoms with Crippen LogP contribution in [0.25, 0.3) is 34.0 Å². The first-order chi connectivity index (χ1) is 22.4. The third-order valence-electron chi connectivity index (χ3n) is 7.60. The largest absolute Gasteiger partial charge is 0.507 e. The van der Waals surface area contributed by atoms with E-state index >= 15 is 0 Å². The van der Waals surface area contributed by atoms with Crippen molar-refractivity contribution in [1.82, 2.24) is 4.98 Å². The summed E-state index contributed by atoms with van der Waals surface area (Å²) >= 11 is 0. The number of nitrogens with zero attached hydrogens (tertiary/aromatic N) is 1. The molecule has 0 bridgehead atoms. The highest BCUT2D eigenvalue weighted by Gasteiger charge is 2.28. The Kier molecular flexibility index (Phi) is 10.4. The van der Waals surface area contributed by atoms with Crippen LogP contribution in [-0.4, -0.2) is 44.1 Å². The highest BCUT2D eigenvalue weighted by molar-refractivity contribution is 5.94. The lowest BCUT2D eigenvalue weighted by atomic mass is 9.78. The number of carbonyl (C=O) groups excluding carboxylic acids is 2. The van der Waals surface area contributed by atoms with Gasteiger partial charge in [-0.1, -0.05) is 53.7 Å². The number of carboxylic acid groups (broad SMARTS) is 2. The first kappa shape index (κ1) is 35.4. The SMILES string of the molecule is CC(C)(C)c1cc(-c2nc(-c3ccc(NC(=O)CCC(=O)O)cc3)c(-c3ccc(NC(=O)CCC(=O)O)cc3)o2)cc(C(C)(C)C)c1O. The van der Waals surface area contributed by atoms with E-state index in [9.17, 15) is 24.3 Å².